The van der Waals surface area contributed by atoms with E-state index in [9.17, 15) is 0 Å². The van der Waals surface area contributed by atoms with Crippen LogP contribution >= 0.6 is 0 Å². The minimum Gasteiger partial charge on any atom is -0.398 e. The van der Waals surface area contributed by atoms with Gasteiger partial charge in [-0.2, -0.15) is 0 Å². The number of hydrogen-bond acceptors (Lipinski definition) is 9. The third-order valence-corrected chi connectivity index (χ3v) is 16.7. The number of rotatable bonds is 21. The Morgan fingerprint density at radius 2 is 0.512 bits per heavy atom. The average Bonchev–Trinajstić information content (AvgIpc) is 1.14. The van der Waals surface area contributed by atoms with Gasteiger partial charge in [0.2, 0.25) is 50.2 Å². The number of unbranched alkanes of at least 4 members (excludes halogenated alkanes) is 6. The van der Waals surface area contributed by atoms with Crippen LogP contribution in [0.2, 0.25) is 0 Å². The lowest BCUT2D eigenvalue weighted by molar-refractivity contribution is -0.538. The van der Waals surface area contributed by atoms with Gasteiger partial charge >= 0.3 is 0 Å². The van der Waals surface area contributed by atoms with Crippen molar-refractivity contribution < 1.29 is 13.7 Å². The number of anilines is 6. The fourth-order valence-electron chi connectivity index (χ4n) is 11.9. The summed E-state index contributed by atoms with van der Waals surface area (Å²) in [7, 11) is 0. The lowest BCUT2D eigenvalue weighted by Gasteiger charge is -2.14. The highest BCUT2D eigenvalue weighted by atomic mass is 15.0. The van der Waals surface area contributed by atoms with Gasteiger partial charge in [0.05, 0.1) is 0 Å². The van der Waals surface area contributed by atoms with E-state index < -0.39 is 0 Å². The van der Waals surface area contributed by atoms with Crippen molar-refractivity contribution in [3.63, 3.8) is 0 Å². The van der Waals surface area contributed by atoms with Crippen LogP contribution in [0.15, 0.2) is 164 Å². The standard InChI is InChI=1S/C72H74N12/c1-46-34-61-67(40-55(46)73)82(52-24-14-11-15-25-52)69-42-57(48(3)36-63(69)79-61)75-30-20-7-9-22-32-77-59-44-71-65(38-50(59)5)81-66-39-51(6)60(45-72(66)84(71)54-28-18-13-19-29-54)78-33-23-10-8-21-31-76-58-43-70-64(37-49(58)4)80-62-35-47(2)56(74)41-68(62)83(70)53-26-16-12-17-27-53/h11-19,24-29,34-45H,7-10,20-23,30-33H2,1-6H3,(H5,73,74,75,76,77,78)/p+3. The van der Waals surface area contributed by atoms with E-state index >= 15 is 0 Å². The van der Waals surface area contributed by atoms with E-state index in [1.165, 1.54) is 22.3 Å². The topological polar surface area (TPSA) is 150 Å². The van der Waals surface area contributed by atoms with Crippen molar-refractivity contribution in [1.82, 2.24) is 15.0 Å². The van der Waals surface area contributed by atoms with Crippen LogP contribution in [0.4, 0.5) is 34.1 Å². The lowest BCUT2D eigenvalue weighted by atomic mass is 10.1. The fourth-order valence-corrected chi connectivity index (χ4v) is 11.9. The molecular formula is C72H77N12+3. The molecule has 0 saturated heterocycles. The molecule has 12 nitrogen and oxygen atoms in total. The molecule has 9 aromatic carbocycles. The predicted octanol–water partition coefficient (Wildman–Crippen LogP) is 14.8. The Hall–Kier alpha value is -9.42. The van der Waals surface area contributed by atoms with Crippen molar-refractivity contribution >= 4 is 100 Å². The van der Waals surface area contributed by atoms with Gasteiger partial charge < -0.3 is 32.7 Å². The van der Waals surface area contributed by atoms with Crippen LogP contribution in [-0.4, -0.2) is 41.1 Å². The lowest BCUT2D eigenvalue weighted by Crippen LogP contribution is -2.33. The van der Waals surface area contributed by atoms with Crippen LogP contribution in [-0.2, 0) is 0 Å². The molecule has 0 amide bonds. The molecule has 422 valence electrons. The van der Waals surface area contributed by atoms with E-state index in [1.54, 1.807) is 0 Å². The third-order valence-electron chi connectivity index (χ3n) is 16.7. The summed E-state index contributed by atoms with van der Waals surface area (Å²) in [6.07, 6.45) is 8.88. The van der Waals surface area contributed by atoms with Gasteiger partial charge in [0, 0.05) is 133 Å². The maximum absolute atomic E-state index is 6.46. The smallest absolute Gasteiger partial charge is 0.239 e. The zero-order valence-electron chi connectivity index (χ0n) is 49.4. The Bertz CT molecular complexity index is 4150. The van der Waals surface area contributed by atoms with Crippen molar-refractivity contribution in [1.29, 1.82) is 0 Å². The highest BCUT2D eigenvalue weighted by molar-refractivity contribution is 5.90. The van der Waals surface area contributed by atoms with Gasteiger partial charge in [-0.15, -0.1) is 13.7 Å². The SMILES string of the molecule is Cc1cc2nc3cc(C)c(NCCCCCCNc4cc5c(cc4C)nc4cc(C)c(NCCCCCCNc6cc7c(cc6C)nc6cc(C)c(N)cc6[n+]7-c6ccccc6)cc4[n+]5-c4ccccc4)cc3[n+](-c3ccccc3)c2cc1N. The molecule has 84 heavy (non-hydrogen) atoms. The Morgan fingerprint density at radius 1 is 0.286 bits per heavy atom. The normalized spacial score (nSPS) is 11.6. The second-order valence-corrected chi connectivity index (χ2v) is 22.9. The van der Waals surface area contributed by atoms with E-state index in [0.29, 0.717) is 0 Å². The van der Waals surface area contributed by atoms with Crippen LogP contribution in [0, 0.1) is 41.5 Å². The highest BCUT2D eigenvalue weighted by Gasteiger charge is 2.26. The summed E-state index contributed by atoms with van der Waals surface area (Å²) in [6.45, 7) is 16.4. The first-order chi connectivity index (χ1) is 40.9. The van der Waals surface area contributed by atoms with E-state index in [2.05, 4.69) is 226 Å². The molecule has 0 aliphatic rings. The van der Waals surface area contributed by atoms with Crippen molar-refractivity contribution in [3.05, 3.63) is 197 Å². The molecule has 8 N–H and O–H groups in total. The summed E-state index contributed by atoms with van der Waals surface area (Å²) in [6, 6.07) is 58.0. The molecule has 12 rings (SSSR count). The molecule has 0 unspecified atom stereocenters. The maximum atomic E-state index is 6.46. The van der Waals surface area contributed by atoms with E-state index in [-0.39, 0.29) is 0 Å². The Kier molecular flexibility index (Phi) is 15.9. The minimum atomic E-state index is 0.766. The van der Waals surface area contributed by atoms with Crippen LogP contribution in [0.3, 0.4) is 0 Å². The third kappa shape index (κ3) is 11.4. The number of nitrogen functional groups attached to an aromatic ring is 2. The number of fused-ring (bicyclic) bond motifs is 6. The molecule has 0 bridgehead atoms. The van der Waals surface area contributed by atoms with Gasteiger partial charge in [-0.05, 0) is 137 Å². The van der Waals surface area contributed by atoms with Gasteiger partial charge in [0.1, 0.15) is 33.1 Å². The Morgan fingerprint density at radius 3 is 0.762 bits per heavy atom. The molecule has 12 heteroatoms. The average molecular weight is 1110 g/mol. The Balaban J connectivity index is 0.662. The van der Waals surface area contributed by atoms with Gasteiger partial charge in [-0.25, -0.2) is 15.0 Å². The van der Waals surface area contributed by atoms with Crippen molar-refractivity contribution in [2.24, 2.45) is 0 Å². The largest absolute Gasteiger partial charge is 0.398 e. The first-order valence-electron chi connectivity index (χ1n) is 30.0. The van der Waals surface area contributed by atoms with E-state index in [4.69, 9.17) is 26.4 Å². The molecule has 0 radical (unpaired) electrons. The summed E-state index contributed by atoms with van der Waals surface area (Å²) in [4.78, 5) is 15.5. The van der Waals surface area contributed by atoms with Crippen LogP contribution < -0.4 is 46.4 Å². The van der Waals surface area contributed by atoms with Crippen molar-refractivity contribution in [2.45, 2.75) is 92.9 Å². The van der Waals surface area contributed by atoms with Crippen LogP contribution in [0.1, 0.15) is 84.7 Å². The molecule has 0 aliphatic heterocycles. The molecular weight excluding hydrogens is 1030 g/mol. The molecule has 0 spiro atoms. The minimum absolute atomic E-state index is 0.766. The fraction of sp³-hybridized carbons (Fsp3) is 0.250. The number of nitrogens with one attached hydrogen (secondary N) is 4. The summed E-state index contributed by atoms with van der Waals surface area (Å²) in [5.41, 5.74) is 41.1. The van der Waals surface area contributed by atoms with Crippen LogP contribution in [0.5, 0.6) is 0 Å². The number of nitrogens with zero attached hydrogens (tertiary/aromatic N) is 6. The number of benzene rings is 9. The quantitative estimate of drug-likeness (QED) is 0.0179. The van der Waals surface area contributed by atoms with Gasteiger partial charge in [-0.1, -0.05) is 80.3 Å². The molecule has 0 aliphatic carbocycles. The first-order valence-corrected chi connectivity index (χ1v) is 30.0. The number of para-hydroxylation sites is 3. The highest BCUT2D eigenvalue weighted by Crippen LogP contribution is 2.31. The summed E-state index contributed by atoms with van der Waals surface area (Å²) in [5, 5.41) is 15.2. The number of aryl methyl sites for hydroxylation is 6. The second-order valence-electron chi connectivity index (χ2n) is 22.9. The van der Waals surface area contributed by atoms with Crippen LogP contribution in [0.25, 0.3) is 83.3 Å². The Labute approximate surface area is 492 Å². The van der Waals surface area contributed by atoms with E-state index in [1.807, 2.05) is 13.8 Å². The second kappa shape index (κ2) is 24.2. The molecule has 0 atom stereocenters. The zero-order chi connectivity index (χ0) is 57.8. The van der Waals surface area contributed by atoms with E-state index in [0.717, 1.165) is 206 Å². The summed E-state index contributed by atoms with van der Waals surface area (Å²) < 4.78 is 6.96. The van der Waals surface area contributed by atoms with Gasteiger partial charge in [0.15, 0.2) is 0 Å². The number of hydrogen-bond donors (Lipinski definition) is 6. The zero-order valence-corrected chi connectivity index (χ0v) is 49.4. The molecule has 12 aromatic rings. The van der Waals surface area contributed by atoms with Crippen molar-refractivity contribution in [3.8, 4) is 17.1 Å². The monoisotopic (exact) mass is 1110 g/mol. The molecule has 0 saturated carbocycles. The molecule has 3 aromatic heterocycles. The summed E-state index contributed by atoms with van der Waals surface area (Å²) >= 11 is 0. The van der Waals surface area contributed by atoms with Gasteiger partial charge in [0.25, 0.3) is 0 Å². The molecule has 0 fully saturated rings. The molecule has 3 heterocycles. The summed E-state index contributed by atoms with van der Waals surface area (Å²) in [5.74, 6) is 0. The number of nitrogens with two attached hydrogens (primary N) is 2. The number of aromatic nitrogens is 6. The first kappa shape index (κ1) is 55.1. The predicted molar refractivity (Wildman–Crippen MR) is 350 cm³/mol. The maximum Gasteiger partial charge on any atom is 0.239 e. The van der Waals surface area contributed by atoms with Crippen molar-refractivity contribution in [2.75, 3.05) is 58.9 Å². The van der Waals surface area contributed by atoms with Gasteiger partial charge in [-0.3, -0.25) is 0 Å².